The molecule has 2 aromatic rings. The quantitative estimate of drug-likeness (QED) is 0.806. The first-order valence-electron chi connectivity index (χ1n) is 4.12. The molecule has 0 amide bonds. The molecular weight excluding hydrogens is 238 g/mol. The normalized spacial score (nSPS) is 12.4. The van der Waals surface area contributed by atoms with Crippen LogP contribution in [0.2, 0.25) is 0 Å². The first-order valence-corrected chi connectivity index (χ1v) is 4.94. The zero-order valence-electron chi connectivity index (χ0n) is 7.88. The van der Waals surface area contributed by atoms with E-state index in [0.29, 0.717) is 10.2 Å². The molecule has 1 aromatic heterocycles. The molecule has 2 N–H and O–H groups in total. The first kappa shape index (κ1) is 12.0. The standard InChI is InChI=1S/C9H9NO3S.ClH/c1-5(11)10-8-6(12)3-2-4-7(8)14-9(10)13;/h2-5,11-12H,1H3;1H. The number of phenols is 1. The molecule has 6 heteroatoms. The number of aliphatic hydroxyl groups is 1. The van der Waals surface area contributed by atoms with Crippen molar-refractivity contribution in [1.82, 2.24) is 4.57 Å². The molecule has 1 aromatic carbocycles. The number of aromatic nitrogens is 1. The van der Waals surface area contributed by atoms with E-state index in [0.717, 1.165) is 11.3 Å². The number of thiazole rings is 1. The van der Waals surface area contributed by atoms with Crippen molar-refractivity contribution in [2.45, 2.75) is 13.2 Å². The number of hydrogen-bond acceptors (Lipinski definition) is 4. The van der Waals surface area contributed by atoms with E-state index in [1.807, 2.05) is 0 Å². The molecule has 1 heterocycles. The van der Waals surface area contributed by atoms with Crippen LogP contribution in [0.5, 0.6) is 5.75 Å². The van der Waals surface area contributed by atoms with Gasteiger partial charge in [0.1, 0.15) is 17.5 Å². The second kappa shape index (κ2) is 4.22. The molecule has 0 aliphatic heterocycles. The highest BCUT2D eigenvalue weighted by molar-refractivity contribution is 7.16. The van der Waals surface area contributed by atoms with Crippen LogP contribution in [-0.2, 0) is 0 Å². The summed E-state index contributed by atoms with van der Waals surface area (Å²) in [6, 6.07) is 4.90. The maximum Gasteiger partial charge on any atom is 0.310 e. The van der Waals surface area contributed by atoms with Crippen molar-refractivity contribution in [3.63, 3.8) is 0 Å². The maximum absolute atomic E-state index is 11.4. The van der Waals surface area contributed by atoms with Gasteiger partial charge in [0.25, 0.3) is 0 Å². The van der Waals surface area contributed by atoms with Gasteiger partial charge in [0.05, 0.1) is 4.70 Å². The van der Waals surface area contributed by atoms with E-state index >= 15 is 0 Å². The molecular formula is C9H10ClNO3S. The van der Waals surface area contributed by atoms with E-state index in [-0.39, 0.29) is 23.0 Å². The van der Waals surface area contributed by atoms with Gasteiger partial charge < -0.3 is 10.2 Å². The minimum Gasteiger partial charge on any atom is -0.506 e. The minimum absolute atomic E-state index is 0. The summed E-state index contributed by atoms with van der Waals surface area (Å²) in [5, 5.41) is 18.9. The van der Waals surface area contributed by atoms with Crippen molar-refractivity contribution in [3.05, 3.63) is 27.9 Å². The molecule has 1 atom stereocenters. The number of phenolic OH excluding ortho intramolecular Hbond substituents is 1. The van der Waals surface area contributed by atoms with Crippen LogP contribution in [0.15, 0.2) is 23.0 Å². The highest BCUT2D eigenvalue weighted by Gasteiger charge is 2.13. The Morgan fingerprint density at radius 3 is 2.73 bits per heavy atom. The predicted molar refractivity (Wildman–Crippen MR) is 61.9 cm³/mol. The molecule has 4 nitrogen and oxygen atoms in total. The lowest BCUT2D eigenvalue weighted by molar-refractivity contribution is 0.126. The minimum atomic E-state index is -0.926. The number of hydrogen-bond donors (Lipinski definition) is 2. The zero-order valence-corrected chi connectivity index (χ0v) is 9.51. The fraction of sp³-hybridized carbons (Fsp3) is 0.222. The van der Waals surface area contributed by atoms with E-state index in [1.165, 1.54) is 17.6 Å². The Labute approximate surface area is 95.8 Å². The fourth-order valence-corrected chi connectivity index (χ4v) is 2.39. The average molecular weight is 248 g/mol. The van der Waals surface area contributed by atoms with Gasteiger partial charge in [-0.15, -0.1) is 12.4 Å². The fourth-order valence-electron chi connectivity index (χ4n) is 1.41. The molecule has 0 radical (unpaired) electrons. The van der Waals surface area contributed by atoms with E-state index in [9.17, 15) is 15.0 Å². The molecule has 0 aliphatic carbocycles. The lowest BCUT2D eigenvalue weighted by atomic mass is 10.3. The van der Waals surface area contributed by atoms with Crippen LogP contribution < -0.4 is 4.87 Å². The van der Waals surface area contributed by atoms with E-state index in [1.54, 1.807) is 12.1 Å². The molecule has 15 heavy (non-hydrogen) atoms. The number of aliphatic hydroxyl groups excluding tert-OH is 1. The Balaban J connectivity index is 0.00000112. The van der Waals surface area contributed by atoms with Crippen molar-refractivity contribution in [1.29, 1.82) is 0 Å². The third kappa shape index (κ3) is 1.86. The summed E-state index contributed by atoms with van der Waals surface area (Å²) >= 11 is 1.01. The van der Waals surface area contributed by atoms with Crippen molar-refractivity contribution < 1.29 is 10.2 Å². The number of halogens is 1. The van der Waals surface area contributed by atoms with Crippen LogP contribution in [0.4, 0.5) is 0 Å². The van der Waals surface area contributed by atoms with Crippen LogP contribution in [0.1, 0.15) is 13.2 Å². The molecule has 0 saturated carbocycles. The number of para-hydroxylation sites is 1. The van der Waals surface area contributed by atoms with Crippen LogP contribution in [-0.4, -0.2) is 14.8 Å². The summed E-state index contributed by atoms with van der Waals surface area (Å²) < 4.78 is 1.85. The van der Waals surface area contributed by atoms with Crippen LogP contribution in [0, 0.1) is 0 Å². The SMILES string of the molecule is CC(O)n1c(=O)sc2cccc(O)c21.Cl. The first-order chi connectivity index (χ1) is 6.61. The van der Waals surface area contributed by atoms with Crippen LogP contribution >= 0.6 is 23.7 Å². The smallest absolute Gasteiger partial charge is 0.310 e. The van der Waals surface area contributed by atoms with Crippen LogP contribution in [0.3, 0.4) is 0 Å². The van der Waals surface area contributed by atoms with Gasteiger partial charge in [-0.1, -0.05) is 17.4 Å². The largest absolute Gasteiger partial charge is 0.506 e. The molecule has 0 spiro atoms. The summed E-state index contributed by atoms with van der Waals surface area (Å²) in [4.78, 5) is 11.2. The summed E-state index contributed by atoms with van der Waals surface area (Å²) in [7, 11) is 0. The Morgan fingerprint density at radius 1 is 1.47 bits per heavy atom. The third-order valence-electron chi connectivity index (χ3n) is 1.99. The number of aromatic hydroxyl groups is 1. The number of benzene rings is 1. The van der Waals surface area contributed by atoms with Gasteiger partial charge in [0.2, 0.25) is 0 Å². The molecule has 82 valence electrons. The predicted octanol–water partition coefficient (Wildman–Crippen LogP) is 1.70. The average Bonchev–Trinajstić information content (AvgIpc) is 2.42. The van der Waals surface area contributed by atoms with Gasteiger partial charge in [-0.05, 0) is 19.1 Å². The van der Waals surface area contributed by atoms with Crippen molar-refractivity contribution >= 4 is 34.0 Å². The summed E-state index contributed by atoms with van der Waals surface area (Å²) in [6.07, 6.45) is -0.926. The Bertz CT molecular complexity index is 532. The molecule has 0 fully saturated rings. The monoisotopic (exact) mass is 247 g/mol. The number of nitrogens with zero attached hydrogens (tertiary/aromatic N) is 1. The molecule has 1 unspecified atom stereocenters. The summed E-state index contributed by atoms with van der Waals surface area (Å²) in [5.41, 5.74) is 0.400. The second-order valence-corrected chi connectivity index (χ2v) is 3.99. The van der Waals surface area contributed by atoms with Gasteiger partial charge >= 0.3 is 4.87 Å². The lowest BCUT2D eigenvalue weighted by Gasteiger charge is -2.06. The highest BCUT2D eigenvalue weighted by Crippen LogP contribution is 2.27. The number of fused-ring (bicyclic) bond motifs is 1. The van der Waals surface area contributed by atoms with Gasteiger partial charge in [0.15, 0.2) is 0 Å². The second-order valence-electron chi connectivity index (χ2n) is 2.99. The molecule has 0 bridgehead atoms. The summed E-state index contributed by atoms with van der Waals surface area (Å²) in [5.74, 6) is 0.0155. The van der Waals surface area contributed by atoms with Crippen molar-refractivity contribution in [2.75, 3.05) is 0 Å². The Hall–Kier alpha value is -1.04. The van der Waals surface area contributed by atoms with Gasteiger partial charge in [-0.2, -0.15) is 0 Å². The molecule has 0 saturated heterocycles. The third-order valence-corrected chi connectivity index (χ3v) is 2.91. The van der Waals surface area contributed by atoms with Gasteiger partial charge in [0, 0.05) is 0 Å². The molecule has 0 aliphatic rings. The maximum atomic E-state index is 11.4. The van der Waals surface area contributed by atoms with E-state index < -0.39 is 6.23 Å². The van der Waals surface area contributed by atoms with E-state index in [2.05, 4.69) is 0 Å². The van der Waals surface area contributed by atoms with Gasteiger partial charge in [-0.3, -0.25) is 9.36 Å². The topological polar surface area (TPSA) is 62.5 Å². The van der Waals surface area contributed by atoms with Crippen molar-refractivity contribution in [3.8, 4) is 5.75 Å². The van der Waals surface area contributed by atoms with Gasteiger partial charge in [-0.25, -0.2) is 0 Å². The summed E-state index contributed by atoms with van der Waals surface area (Å²) in [6.45, 7) is 1.49. The van der Waals surface area contributed by atoms with Crippen LogP contribution in [0.25, 0.3) is 10.2 Å². The Kier molecular flexibility index (Phi) is 3.38. The number of rotatable bonds is 1. The Morgan fingerprint density at radius 2 is 2.13 bits per heavy atom. The highest BCUT2D eigenvalue weighted by atomic mass is 35.5. The van der Waals surface area contributed by atoms with Crippen molar-refractivity contribution in [2.24, 2.45) is 0 Å². The van der Waals surface area contributed by atoms with E-state index in [4.69, 9.17) is 0 Å². The lowest BCUT2D eigenvalue weighted by Crippen LogP contribution is -2.16. The zero-order chi connectivity index (χ0) is 10.3. The molecule has 2 rings (SSSR count).